The minimum Gasteiger partial charge on any atom is -0.493 e. The third kappa shape index (κ3) is 23.2. The number of hydrogen-bond acceptors (Lipinski definition) is 5. The second-order valence-electron chi connectivity index (χ2n) is 14.3. The Morgan fingerprint density at radius 3 is 1.47 bits per heavy atom. The largest absolute Gasteiger partial charge is 0.493 e. The second kappa shape index (κ2) is 29.2. The van der Waals surface area contributed by atoms with Crippen molar-refractivity contribution in [2.24, 2.45) is 0 Å². The molecule has 1 aliphatic rings. The molecule has 0 spiro atoms. The van der Waals surface area contributed by atoms with Crippen molar-refractivity contribution in [1.29, 1.82) is 0 Å². The lowest BCUT2D eigenvalue weighted by Gasteiger charge is -2.32. The van der Waals surface area contributed by atoms with Crippen LogP contribution in [0.5, 0.6) is 11.5 Å². The highest BCUT2D eigenvalue weighted by Gasteiger charge is 2.14. The Morgan fingerprint density at radius 1 is 0.596 bits per heavy atom. The molecule has 0 saturated carbocycles. The quantitative estimate of drug-likeness (QED) is 0.0806. The van der Waals surface area contributed by atoms with E-state index in [4.69, 9.17) is 9.47 Å². The van der Waals surface area contributed by atoms with Gasteiger partial charge in [0.1, 0.15) is 11.5 Å². The molecule has 1 heterocycles. The van der Waals surface area contributed by atoms with Crippen molar-refractivity contribution in [1.82, 2.24) is 15.1 Å². The van der Waals surface area contributed by atoms with Crippen LogP contribution in [0.4, 0.5) is 0 Å². The van der Waals surface area contributed by atoms with Crippen LogP contribution in [0.2, 0.25) is 0 Å². The number of hydrogen-bond donors (Lipinski definition) is 1. The number of nitrogens with zero attached hydrogens (tertiary/aromatic N) is 2. The highest BCUT2D eigenvalue weighted by Crippen LogP contribution is 2.24. The maximum absolute atomic E-state index is 12.7. The summed E-state index contributed by atoms with van der Waals surface area (Å²) >= 11 is 0. The molecule has 1 saturated heterocycles. The zero-order chi connectivity index (χ0) is 33.6. The zero-order valence-electron chi connectivity index (χ0n) is 31.3. The Labute approximate surface area is 291 Å². The third-order valence-electron chi connectivity index (χ3n) is 9.69. The lowest BCUT2D eigenvalue weighted by atomic mass is 10.1. The number of unbranched alkanes of at least 4 members (excludes halogenated alkanes) is 19. The van der Waals surface area contributed by atoms with Gasteiger partial charge in [-0.1, -0.05) is 136 Å². The highest BCUT2D eigenvalue weighted by molar-refractivity contribution is 5.75. The van der Waals surface area contributed by atoms with E-state index >= 15 is 0 Å². The summed E-state index contributed by atoms with van der Waals surface area (Å²) in [6.07, 6.45) is 29.3. The molecule has 2 rings (SSSR count). The topological polar surface area (TPSA) is 54.0 Å². The predicted molar refractivity (Wildman–Crippen MR) is 201 cm³/mol. The average Bonchev–Trinajstić information content (AvgIpc) is 3.07. The number of carbonyl (C=O) groups excluding carboxylic acids is 1. The normalized spacial score (nSPS) is 14.0. The van der Waals surface area contributed by atoms with E-state index in [1.165, 1.54) is 122 Å². The molecule has 0 radical (unpaired) electrons. The number of amides is 1. The molecule has 47 heavy (non-hydrogen) atoms. The van der Waals surface area contributed by atoms with Crippen LogP contribution in [0.3, 0.4) is 0 Å². The molecule has 0 atom stereocenters. The fourth-order valence-electron chi connectivity index (χ4n) is 6.46. The van der Waals surface area contributed by atoms with Gasteiger partial charge in [-0.25, -0.2) is 0 Å². The standard InChI is InChI=1S/C41H75N3O3/c1-4-6-8-10-12-14-15-16-18-20-22-24-33-47-40-35-38(37-42-41(45)26-25-27-44-30-28-43(3)29-31-44)34-39(36-40)46-32-23-21-19-17-13-11-9-7-5-2/h34-36H,4-33,37H2,1-3H3,(H,42,45). The maximum atomic E-state index is 12.7. The van der Waals surface area contributed by atoms with Crippen LogP contribution >= 0.6 is 0 Å². The number of ether oxygens (including phenoxy) is 2. The molecule has 1 aromatic carbocycles. The van der Waals surface area contributed by atoms with Crippen LogP contribution < -0.4 is 14.8 Å². The first-order chi connectivity index (χ1) is 23.1. The Bertz CT molecular complexity index is 871. The van der Waals surface area contributed by atoms with Gasteiger partial charge in [-0.2, -0.15) is 0 Å². The molecule has 6 heteroatoms. The molecule has 1 amide bonds. The second-order valence-corrected chi connectivity index (χ2v) is 14.3. The summed E-state index contributed by atoms with van der Waals surface area (Å²) in [4.78, 5) is 17.5. The van der Waals surface area contributed by atoms with Crippen molar-refractivity contribution in [3.8, 4) is 11.5 Å². The van der Waals surface area contributed by atoms with Gasteiger partial charge in [-0.05, 0) is 50.6 Å². The number of rotatable bonds is 31. The van der Waals surface area contributed by atoms with E-state index in [1.807, 2.05) is 6.07 Å². The van der Waals surface area contributed by atoms with E-state index in [9.17, 15) is 4.79 Å². The Balaban J connectivity index is 1.69. The van der Waals surface area contributed by atoms with Gasteiger partial charge in [-0.15, -0.1) is 0 Å². The van der Waals surface area contributed by atoms with Crippen molar-refractivity contribution in [2.75, 3.05) is 53.0 Å². The van der Waals surface area contributed by atoms with E-state index in [2.05, 4.69) is 48.1 Å². The summed E-state index contributed by atoms with van der Waals surface area (Å²) < 4.78 is 12.4. The van der Waals surface area contributed by atoms with Crippen LogP contribution in [0.1, 0.15) is 167 Å². The van der Waals surface area contributed by atoms with Gasteiger partial charge in [0.05, 0.1) is 13.2 Å². The van der Waals surface area contributed by atoms with Crippen LogP contribution in [0.25, 0.3) is 0 Å². The molecular weight excluding hydrogens is 582 g/mol. The summed E-state index contributed by atoms with van der Waals surface area (Å²) in [7, 11) is 2.18. The van der Waals surface area contributed by atoms with Crippen LogP contribution in [-0.2, 0) is 11.3 Å². The van der Waals surface area contributed by atoms with Crippen molar-refractivity contribution < 1.29 is 14.3 Å². The van der Waals surface area contributed by atoms with Crippen molar-refractivity contribution in [2.45, 2.75) is 168 Å². The predicted octanol–water partition coefficient (Wildman–Crippen LogP) is 10.3. The molecule has 1 N–H and O–H groups in total. The Hall–Kier alpha value is -1.79. The summed E-state index contributed by atoms with van der Waals surface area (Å²) in [5.41, 5.74) is 1.05. The van der Waals surface area contributed by atoms with E-state index in [0.717, 1.165) is 82.3 Å². The van der Waals surface area contributed by atoms with Gasteiger partial charge in [0.2, 0.25) is 5.91 Å². The monoisotopic (exact) mass is 658 g/mol. The lowest BCUT2D eigenvalue weighted by Crippen LogP contribution is -2.44. The fourth-order valence-corrected chi connectivity index (χ4v) is 6.46. The summed E-state index contributed by atoms with van der Waals surface area (Å²) in [5.74, 6) is 1.84. The van der Waals surface area contributed by atoms with Gasteiger partial charge in [-0.3, -0.25) is 4.79 Å². The fraction of sp³-hybridized carbons (Fsp3) is 0.829. The third-order valence-corrected chi connectivity index (χ3v) is 9.69. The van der Waals surface area contributed by atoms with Crippen molar-refractivity contribution in [3.05, 3.63) is 23.8 Å². The van der Waals surface area contributed by atoms with Gasteiger partial charge < -0.3 is 24.6 Å². The van der Waals surface area contributed by atoms with E-state index in [-0.39, 0.29) is 5.91 Å². The van der Waals surface area contributed by atoms with E-state index < -0.39 is 0 Å². The molecule has 0 aliphatic carbocycles. The first kappa shape index (κ1) is 41.4. The molecule has 0 unspecified atom stereocenters. The Kier molecular flexibility index (Phi) is 25.7. The number of carbonyl (C=O) groups is 1. The molecule has 1 aliphatic heterocycles. The number of benzene rings is 1. The lowest BCUT2D eigenvalue weighted by molar-refractivity contribution is -0.121. The minimum absolute atomic E-state index is 0.124. The van der Waals surface area contributed by atoms with Gasteiger partial charge in [0.15, 0.2) is 0 Å². The van der Waals surface area contributed by atoms with Crippen molar-refractivity contribution >= 4 is 5.91 Å². The smallest absolute Gasteiger partial charge is 0.220 e. The molecule has 1 aromatic rings. The van der Waals surface area contributed by atoms with E-state index in [0.29, 0.717) is 13.0 Å². The molecule has 6 nitrogen and oxygen atoms in total. The SMILES string of the molecule is CCCCCCCCCCCCCCOc1cc(CNC(=O)CCCN2CCN(C)CC2)cc(OCCCCCCCCCCC)c1. The van der Waals surface area contributed by atoms with Gasteiger partial charge in [0, 0.05) is 45.2 Å². The Morgan fingerprint density at radius 2 is 1.02 bits per heavy atom. The average molecular weight is 658 g/mol. The van der Waals surface area contributed by atoms with Crippen LogP contribution in [0, 0.1) is 0 Å². The van der Waals surface area contributed by atoms with E-state index in [1.54, 1.807) is 0 Å². The number of nitrogens with one attached hydrogen (secondary N) is 1. The first-order valence-corrected chi connectivity index (χ1v) is 20.2. The van der Waals surface area contributed by atoms with Crippen molar-refractivity contribution in [3.63, 3.8) is 0 Å². The molecular formula is C41H75N3O3. The number of piperazine rings is 1. The molecule has 272 valence electrons. The molecule has 0 bridgehead atoms. The van der Waals surface area contributed by atoms with Gasteiger partial charge >= 0.3 is 0 Å². The van der Waals surface area contributed by atoms with Crippen LogP contribution in [0.15, 0.2) is 18.2 Å². The zero-order valence-corrected chi connectivity index (χ0v) is 31.3. The molecule has 1 fully saturated rings. The van der Waals surface area contributed by atoms with Crippen LogP contribution in [-0.4, -0.2) is 68.7 Å². The summed E-state index contributed by atoms with van der Waals surface area (Å²) in [6, 6.07) is 6.20. The summed E-state index contributed by atoms with van der Waals surface area (Å²) in [5, 5.41) is 3.15. The first-order valence-electron chi connectivity index (χ1n) is 20.2. The van der Waals surface area contributed by atoms with Gasteiger partial charge in [0.25, 0.3) is 0 Å². The maximum Gasteiger partial charge on any atom is 0.220 e. The molecule has 0 aromatic heterocycles. The highest BCUT2D eigenvalue weighted by atomic mass is 16.5. The summed E-state index contributed by atoms with van der Waals surface area (Å²) in [6.45, 7) is 12.0. The number of likely N-dealkylation sites (N-methyl/N-ethyl adjacent to an activating group) is 1. The minimum atomic E-state index is 0.124.